The van der Waals surface area contributed by atoms with Crippen LogP contribution in [0.1, 0.15) is 32.0 Å². The lowest BCUT2D eigenvalue weighted by molar-refractivity contribution is 0.590. The maximum Gasteiger partial charge on any atom is 0.163 e. The summed E-state index contributed by atoms with van der Waals surface area (Å²) in [6, 6.07) is 12.4. The van der Waals surface area contributed by atoms with Crippen LogP contribution >= 0.6 is 0 Å². The maximum absolute atomic E-state index is 6.04. The van der Waals surface area contributed by atoms with Gasteiger partial charge in [-0.15, -0.1) is 0 Å². The summed E-state index contributed by atoms with van der Waals surface area (Å²) in [5, 5.41) is 0. The average Bonchev–Trinajstić information content (AvgIpc) is 2.54. The molecule has 0 unspecified atom stereocenters. The highest BCUT2D eigenvalue weighted by atomic mass is 14.9. The number of benzene rings is 1. The molecule has 2 aromatic heterocycles. The average molecular weight is 318 g/mol. The van der Waals surface area contributed by atoms with Crippen LogP contribution in [0.25, 0.3) is 22.5 Å². The fourth-order valence-electron chi connectivity index (χ4n) is 2.55. The van der Waals surface area contributed by atoms with Crippen LogP contribution in [0.5, 0.6) is 0 Å². The lowest BCUT2D eigenvalue weighted by Gasteiger charge is -2.19. The number of rotatable bonds is 2. The van der Waals surface area contributed by atoms with Crippen LogP contribution < -0.4 is 5.73 Å². The van der Waals surface area contributed by atoms with E-state index in [0.29, 0.717) is 11.6 Å². The SMILES string of the molecule is Cc1ccnc(-c2cc(-c3ccc(C(C)(C)C)cc3)cnc2N)n1. The van der Waals surface area contributed by atoms with E-state index in [4.69, 9.17) is 5.73 Å². The van der Waals surface area contributed by atoms with Crippen molar-refractivity contribution in [2.24, 2.45) is 0 Å². The van der Waals surface area contributed by atoms with E-state index < -0.39 is 0 Å². The molecule has 0 atom stereocenters. The Balaban J connectivity index is 2.03. The summed E-state index contributed by atoms with van der Waals surface area (Å²) in [5.41, 5.74) is 11.2. The van der Waals surface area contributed by atoms with Gasteiger partial charge in [0, 0.05) is 23.7 Å². The van der Waals surface area contributed by atoms with E-state index in [0.717, 1.165) is 22.4 Å². The number of hydrogen-bond donors (Lipinski definition) is 1. The second-order valence-corrected chi connectivity index (χ2v) is 7.01. The third-order valence-electron chi connectivity index (χ3n) is 4.04. The number of nitrogen functional groups attached to an aromatic ring is 1. The van der Waals surface area contributed by atoms with Crippen molar-refractivity contribution < 1.29 is 0 Å². The smallest absolute Gasteiger partial charge is 0.163 e. The van der Waals surface area contributed by atoms with Crippen LogP contribution in [-0.2, 0) is 5.41 Å². The Kier molecular flexibility index (Phi) is 4.06. The summed E-state index contributed by atoms with van der Waals surface area (Å²) in [4.78, 5) is 13.1. The molecule has 1 aromatic carbocycles. The van der Waals surface area contributed by atoms with E-state index in [1.54, 1.807) is 12.4 Å². The van der Waals surface area contributed by atoms with Crippen molar-refractivity contribution in [1.82, 2.24) is 15.0 Å². The minimum Gasteiger partial charge on any atom is -0.383 e. The van der Waals surface area contributed by atoms with Crippen LogP contribution in [-0.4, -0.2) is 15.0 Å². The van der Waals surface area contributed by atoms with E-state index >= 15 is 0 Å². The van der Waals surface area contributed by atoms with Gasteiger partial charge in [0.05, 0.1) is 5.56 Å². The minimum absolute atomic E-state index is 0.137. The lowest BCUT2D eigenvalue weighted by atomic mass is 9.86. The van der Waals surface area contributed by atoms with Gasteiger partial charge in [0.2, 0.25) is 0 Å². The third kappa shape index (κ3) is 3.27. The number of aromatic nitrogens is 3. The number of hydrogen-bond acceptors (Lipinski definition) is 4. The van der Waals surface area contributed by atoms with E-state index in [1.807, 2.05) is 19.1 Å². The standard InChI is InChI=1S/C20H22N4/c1-13-9-10-22-19(24-13)17-11-15(12-23-18(17)21)14-5-7-16(8-6-14)20(2,3)4/h5-12H,1-4H3,(H2,21,23). The Hall–Kier alpha value is -2.75. The van der Waals surface area contributed by atoms with Gasteiger partial charge in [0.15, 0.2) is 5.82 Å². The number of aryl methyl sites for hydroxylation is 1. The number of anilines is 1. The van der Waals surface area contributed by atoms with Crippen molar-refractivity contribution in [2.75, 3.05) is 5.73 Å². The monoisotopic (exact) mass is 318 g/mol. The van der Waals surface area contributed by atoms with Crippen molar-refractivity contribution in [2.45, 2.75) is 33.1 Å². The van der Waals surface area contributed by atoms with Crippen molar-refractivity contribution in [3.8, 4) is 22.5 Å². The van der Waals surface area contributed by atoms with E-state index in [-0.39, 0.29) is 5.41 Å². The predicted octanol–water partition coefficient (Wildman–Crippen LogP) is 4.39. The molecule has 4 nitrogen and oxygen atoms in total. The molecule has 122 valence electrons. The molecule has 4 heteroatoms. The van der Waals surface area contributed by atoms with Gasteiger partial charge < -0.3 is 5.73 Å². The van der Waals surface area contributed by atoms with E-state index in [1.165, 1.54) is 5.56 Å². The molecule has 24 heavy (non-hydrogen) atoms. The highest BCUT2D eigenvalue weighted by Crippen LogP contribution is 2.29. The summed E-state index contributed by atoms with van der Waals surface area (Å²) >= 11 is 0. The summed E-state index contributed by atoms with van der Waals surface area (Å²) in [5.74, 6) is 1.05. The number of pyridine rings is 1. The fraction of sp³-hybridized carbons (Fsp3) is 0.250. The van der Waals surface area contributed by atoms with Gasteiger partial charge in [0.25, 0.3) is 0 Å². The normalized spacial score (nSPS) is 11.5. The molecule has 3 aromatic rings. The van der Waals surface area contributed by atoms with Crippen molar-refractivity contribution in [1.29, 1.82) is 0 Å². The van der Waals surface area contributed by atoms with Crippen molar-refractivity contribution in [3.05, 3.63) is 60.0 Å². The molecule has 0 aliphatic rings. The molecule has 0 radical (unpaired) electrons. The molecule has 0 saturated carbocycles. The zero-order valence-corrected chi connectivity index (χ0v) is 14.5. The molecule has 3 rings (SSSR count). The second-order valence-electron chi connectivity index (χ2n) is 7.01. The number of nitrogens with two attached hydrogens (primary N) is 1. The van der Waals surface area contributed by atoms with Gasteiger partial charge in [0.1, 0.15) is 5.82 Å². The van der Waals surface area contributed by atoms with Crippen LogP contribution in [0.15, 0.2) is 48.8 Å². The zero-order valence-electron chi connectivity index (χ0n) is 14.5. The van der Waals surface area contributed by atoms with Crippen LogP contribution in [0.2, 0.25) is 0 Å². The van der Waals surface area contributed by atoms with Gasteiger partial charge in [-0.3, -0.25) is 0 Å². The third-order valence-corrected chi connectivity index (χ3v) is 4.04. The first kappa shape index (κ1) is 16.1. The van der Waals surface area contributed by atoms with Gasteiger partial charge in [-0.2, -0.15) is 0 Å². The first-order valence-corrected chi connectivity index (χ1v) is 8.01. The largest absolute Gasteiger partial charge is 0.383 e. The Morgan fingerprint density at radius 2 is 1.62 bits per heavy atom. The number of nitrogens with zero attached hydrogens (tertiary/aromatic N) is 3. The Bertz CT molecular complexity index is 862. The zero-order chi connectivity index (χ0) is 17.3. The predicted molar refractivity (Wildman–Crippen MR) is 98.5 cm³/mol. The quantitative estimate of drug-likeness (QED) is 0.761. The second kappa shape index (κ2) is 6.04. The summed E-state index contributed by atoms with van der Waals surface area (Å²) in [6.07, 6.45) is 3.53. The molecule has 0 amide bonds. The molecule has 0 fully saturated rings. The van der Waals surface area contributed by atoms with Crippen LogP contribution in [0.3, 0.4) is 0 Å². The van der Waals surface area contributed by atoms with Crippen molar-refractivity contribution in [3.63, 3.8) is 0 Å². The minimum atomic E-state index is 0.137. The maximum atomic E-state index is 6.04. The molecule has 0 aliphatic heterocycles. The summed E-state index contributed by atoms with van der Waals surface area (Å²) in [7, 11) is 0. The Morgan fingerprint density at radius 1 is 0.917 bits per heavy atom. The molecule has 0 saturated heterocycles. The Morgan fingerprint density at radius 3 is 2.25 bits per heavy atom. The van der Waals surface area contributed by atoms with Crippen molar-refractivity contribution >= 4 is 5.82 Å². The lowest BCUT2D eigenvalue weighted by Crippen LogP contribution is -2.10. The topological polar surface area (TPSA) is 64.7 Å². The fourth-order valence-corrected chi connectivity index (χ4v) is 2.55. The molecule has 0 aliphatic carbocycles. The molecular weight excluding hydrogens is 296 g/mol. The molecular formula is C20H22N4. The Labute approximate surface area is 142 Å². The van der Waals surface area contributed by atoms with Gasteiger partial charge in [-0.05, 0) is 35.6 Å². The molecule has 0 spiro atoms. The molecule has 2 N–H and O–H groups in total. The van der Waals surface area contributed by atoms with Crippen LogP contribution in [0, 0.1) is 6.92 Å². The highest BCUT2D eigenvalue weighted by Gasteiger charge is 2.14. The van der Waals surface area contributed by atoms with Gasteiger partial charge in [-0.1, -0.05) is 45.0 Å². The molecule has 0 bridgehead atoms. The first-order chi connectivity index (χ1) is 11.3. The van der Waals surface area contributed by atoms with Crippen LogP contribution in [0.4, 0.5) is 5.82 Å². The highest BCUT2D eigenvalue weighted by molar-refractivity contribution is 5.75. The van der Waals surface area contributed by atoms with E-state index in [9.17, 15) is 0 Å². The summed E-state index contributed by atoms with van der Waals surface area (Å²) in [6.45, 7) is 8.56. The van der Waals surface area contributed by atoms with Gasteiger partial charge in [-0.25, -0.2) is 15.0 Å². The molecule has 2 heterocycles. The van der Waals surface area contributed by atoms with E-state index in [2.05, 4.69) is 60.0 Å². The van der Waals surface area contributed by atoms with Gasteiger partial charge >= 0.3 is 0 Å². The first-order valence-electron chi connectivity index (χ1n) is 8.01. The summed E-state index contributed by atoms with van der Waals surface area (Å²) < 4.78 is 0.